The highest BCUT2D eigenvalue weighted by Gasteiger charge is 2.22. The summed E-state index contributed by atoms with van der Waals surface area (Å²) in [6.45, 7) is 2.21. The number of rotatable bonds is 5. The number of hydrogen-bond donors (Lipinski definition) is 0. The normalized spacial score (nSPS) is 14.3. The predicted octanol–water partition coefficient (Wildman–Crippen LogP) is 3.86. The molecule has 2 aromatic carbocycles. The molecule has 0 N–H and O–H groups in total. The smallest absolute Gasteiger partial charge is 0.265 e. The van der Waals surface area contributed by atoms with Gasteiger partial charge < -0.3 is 14.4 Å². The van der Waals surface area contributed by atoms with E-state index >= 15 is 0 Å². The summed E-state index contributed by atoms with van der Waals surface area (Å²) in [5.41, 5.74) is 2.58. The van der Waals surface area contributed by atoms with Gasteiger partial charge >= 0.3 is 0 Å². The van der Waals surface area contributed by atoms with Crippen LogP contribution in [0.3, 0.4) is 0 Å². The van der Waals surface area contributed by atoms with Gasteiger partial charge in [-0.1, -0.05) is 6.07 Å². The van der Waals surface area contributed by atoms with Gasteiger partial charge in [0.05, 0.1) is 37.4 Å². The number of piperidine rings is 1. The lowest BCUT2D eigenvalue weighted by molar-refractivity contribution is 0.354. The first-order valence-corrected chi connectivity index (χ1v) is 11.4. The molecular weight excluding hydrogens is 474 g/mol. The van der Waals surface area contributed by atoms with Gasteiger partial charge in [0, 0.05) is 17.6 Å². The first-order valence-electron chi connectivity index (χ1n) is 10.6. The van der Waals surface area contributed by atoms with Crippen molar-refractivity contribution >= 4 is 38.3 Å². The van der Waals surface area contributed by atoms with E-state index in [4.69, 9.17) is 9.47 Å². The third-order valence-corrected chi connectivity index (χ3v) is 6.70. The predicted molar refractivity (Wildman–Crippen MR) is 127 cm³/mol. The third kappa shape index (κ3) is 3.40. The van der Waals surface area contributed by atoms with Gasteiger partial charge in [-0.15, -0.1) is 10.2 Å². The fraction of sp³-hybridized carbons (Fsp3) is 0.348. The molecule has 1 aliphatic heterocycles. The molecule has 0 aliphatic carbocycles. The number of fused-ring (bicyclic) bond motifs is 3. The number of hydrogen-bond acceptors (Lipinski definition) is 6. The second-order valence-corrected chi connectivity index (χ2v) is 8.77. The van der Waals surface area contributed by atoms with Crippen LogP contribution in [0.2, 0.25) is 0 Å². The van der Waals surface area contributed by atoms with Crippen molar-refractivity contribution in [2.75, 3.05) is 32.2 Å². The molecule has 0 bridgehead atoms. The van der Waals surface area contributed by atoms with Crippen molar-refractivity contribution in [2.45, 2.75) is 25.8 Å². The molecule has 9 heteroatoms. The summed E-state index contributed by atoms with van der Waals surface area (Å²) in [4.78, 5) is 16.2. The number of halogens is 1. The molecule has 0 amide bonds. The number of methoxy groups -OCH3 is 2. The Morgan fingerprint density at radius 2 is 1.81 bits per heavy atom. The Hall–Kier alpha value is -3.07. The van der Waals surface area contributed by atoms with Crippen molar-refractivity contribution in [1.82, 2.24) is 19.2 Å². The number of nitrogens with zero attached hydrogens (tertiary/aromatic N) is 5. The number of benzene rings is 2. The molecule has 0 radical (unpaired) electrons. The van der Waals surface area contributed by atoms with E-state index in [1.165, 1.54) is 6.42 Å². The zero-order valence-electron chi connectivity index (χ0n) is 18.0. The van der Waals surface area contributed by atoms with Gasteiger partial charge in [0.2, 0.25) is 5.78 Å². The van der Waals surface area contributed by atoms with E-state index in [0.717, 1.165) is 47.2 Å². The molecule has 8 nitrogen and oxygen atoms in total. The molecule has 0 spiro atoms. The molecule has 1 saturated heterocycles. The van der Waals surface area contributed by atoms with Crippen molar-refractivity contribution in [3.05, 3.63) is 57.0 Å². The monoisotopic (exact) mass is 497 g/mol. The van der Waals surface area contributed by atoms with Crippen molar-refractivity contribution in [3.63, 3.8) is 0 Å². The summed E-state index contributed by atoms with van der Waals surface area (Å²) in [5.74, 6) is 1.77. The Morgan fingerprint density at radius 1 is 1.03 bits per heavy atom. The van der Waals surface area contributed by atoms with Crippen molar-refractivity contribution < 1.29 is 9.47 Å². The molecule has 1 fully saturated rings. The standard InChI is InChI=1S/C23H24BrN5O3/c1-31-18-9-6-15(12-19(18)32-2)13-28-22(30)20-17(29-14-25-26-23(28)29)8-7-16(24)21(20)27-10-4-3-5-11-27/h6-9,12,14H,3-5,10-11,13H2,1-2H3. The zero-order valence-corrected chi connectivity index (χ0v) is 19.6. The molecule has 32 heavy (non-hydrogen) atoms. The van der Waals surface area contributed by atoms with Crippen LogP contribution in [0.1, 0.15) is 24.8 Å². The highest BCUT2D eigenvalue weighted by Crippen LogP contribution is 2.35. The summed E-state index contributed by atoms with van der Waals surface area (Å²) in [6.07, 6.45) is 5.13. The molecule has 166 valence electrons. The minimum absolute atomic E-state index is 0.0860. The van der Waals surface area contributed by atoms with Crippen molar-refractivity contribution in [1.29, 1.82) is 0 Å². The molecule has 2 aromatic heterocycles. The van der Waals surface area contributed by atoms with E-state index < -0.39 is 0 Å². The van der Waals surface area contributed by atoms with Gasteiger partial charge in [0.25, 0.3) is 5.56 Å². The maximum Gasteiger partial charge on any atom is 0.265 e. The second-order valence-electron chi connectivity index (χ2n) is 7.92. The van der Waals surface area contributed by atoms with Crippen molar-refractivity contribution in [3.8, 4) is 11.5 Å². The van der Waals surface area contributed by atoms with E-state index in [1.807, 2.05) is 34.7 Å². The van der Waals surface area contributed by atoms with Crippen LogP contribution in [-0.2, 0) is 6.54 Å². The Morgan fingerprint density at radius 3 is 2.56 bits per heavy atom. The molecule has 4 aromatic rings. The topological polar surface area (TPSA) is 73.9 Å². The van der Waals surface area contributed by atoms with E-state index in [9.17, 15) is 4.79 Å². The average molecular weight is 498 g/mol. The fourth-order valence-electron chi connectivity index (χ4n) is 4.51. The van der Waals surface area contributed by atoms with Crippen LogP contribution in [0.15, 0.2) is 45.9 Å². The largest absolute Gasteiger partial charge is 0.493 e. The molecule has 0 saturated carbocycles. The number of ether oxygens (including phenoxy) is 2. The van der Waals surface area contributed by atoms with Gasteiger partial charge in [-0.25, -0.2) is 0 Å². The molecule has 1 aliphatic rings. The van der Waals surface area contributed by atoms with Crippen LogP contribution in [0.5, 0.6) is 11.5 Å². The lowest BCUT2D eigenvalue weighted by Crippen LogP contribution is -2.32. The van der Waals surface area contributed by atoms with E-state index in [1.54, 1.807) is 25.1 Å². The summed E-state index contributed by atoms with van der Waals surface area (Å²) >= 11 is 3.71. The lowest BCUT2D eigenvalue weighted by atomic mass is 10.1. The third-order valence-electron chi connectivity index (χ3n) is 6.06. The zero-order chi connectivity index (χ0) is 22.2. The van der Waals surface area contributed by atoms with Gasteiger partial charge in [-0.2, -0.15) is 0 Å². The molecule has 5 rings (SSSR count). The minimum Gasteiger partial charge on any atom is -0.493 e. The van der Waals surface area contributed by atoms with Crippen LogP contribution < -0.4 is 19.9 Å². The van der Waals surface area contributed by atoms with Gasteiger partial charge in [-0.3, -0.25) is 13.8 Å². The first-order chi connectivity index (χ1) is 15.6. The summed E-state index contributed by atoms with van der Waals surface area (Å²) < 4.78 is 15.3. The first kappa shape index (κ1) is 20.8. The molecule has 0 unspecified atom stereocenters. The molecule has 0 atom stereocenters. The van der Waals surface area contributed by atoms with Gasteiger partial charge in [0.1, 0.15) is 6.33 Å². The lowest BCUT2D eigenvalue weighted by Gasteiger charge is -2.30. The number of aromatic nitrogens is 4. The maximum absolute atomic E-state index is 13.9. The summed E-state index contributed by atoms with van der Waals surface area (Å²) in [7, 11) is 3.20. The Kier molecular flexibility index (Phi) is 5.50. The van der Waals surface area contributed by atoms with Gasteiger partial charge in [0.15, 0.2) is 11.5 Å². The Labute approximate surface area is 193 Å². The maximum atomic E-state index is 13.9. The highest BCUT2D eigenvalue weighted by molar-refractivity contribution is 9.10. The highest BCUT2D eigenvalue weighted by atomic mass is 79.9. The van der Waals surface area contributed by atoms with Crippen LogP contribution in [0.25, 0.3) is 16.7 Å². The Bertz CT molecular complexity index is 1360. The van der Waals surface area contributed by atoms with Crippen molar-refractivity contribution in [2.24, 2.45) is 0 Å². The average Bonchev–Trinajstić information content (AvgIpc) is 3.32. The summed E-state index contributed by atoms with van der Waals surface area (Å²) in [5, 5.41) is 9.04. The minimum atomic E-state index is -0.0860. The SMILES string of the molecule is COc1ccc(Cn2c(=O)c3c(N4CCCCC4)c(Br)ccc3n3cnnc23)cc1OC. The van der Waals surface area contributed by atoms with Crippen LogP contribution in [0.4, 0.5) is 5.69 Å². The molecular formula is C23H24BrN5O3. The molecule has 3 heterocycles. The second kappa shape index (κ2) is 8.46. The summed E-state index contributed by atoms with van der Waals surface area (Å²) in [6, 6.07) is 9.61. The number of anilines is 1. The Balaban J connectivity index is 1.73. The quantitative estimate of drug-likeness (QED) is 0.416. The fourth-order valence-corrected chi connectivity index (χ4v) is 5.09. The van der Waals surface area contributed by atoms with E-state index in [0.29, 0.717) is 29.2 Å². The van der Waals surface area contributed by atoms with Crippen LogP contribution >= 0.6 is 15.9 Å². The van der Waals surface area contributed by atoms with Crippen LogP contribution in [0, 0.1) is 0 Å². The van der Waals surface area contributed by atoms with E-state index in [-0.39, 0.29) is 5.56 Å². The van der Waals surface area contributed by atoms with Gasteiger partial charge in [-0.05, 0) is 65.0 Å². The van der Waals surface area contributed by atoms with Crippen LogP contribution in [-0.4, -0.2) is 46.5 Å². The van der Waals surface area contributed by atoms with E-state index in [2.05, 4.69) is 31.0 Å².